The number of anilines is 4. The molecule has 0 radical (unpaired) electrons. The summed E-state index contributed by atoms with van der Waals surface area (Å²) >= 11 is 0. The summed E-state index contributed by atoms with van der Waals surface area (Å²) in [5.41, 5.74) is -1.89. The van der Waals surface area contributed by atoms with Gasteiger partial charge in [-0.2, -0.15) is 19.6 Å². The van der Waals surface area contributed by atoms with Crippen LogP contribution in [0.2, 0.25) is 0 Å². The van der Waals surface area contributed by atoms with Crippen LogP contribution in [0.1, 0.15) is 44.4 Å². The molecule has 48 heavy (non-hydrogen) atoms. The molecule has 2 aromatic carbocycles. The third kappa shape index (κ3) is 4.78. The number of benzene rings is 2. The highest BCUT2D eigenvalue weighted by Gasteiger charge is 2.97. The first-order valence-corrected chi connectivity index (χ1v) is 16.1. The van der Waals surface area contributed by atoms with Gasteiger partial charge in [0.05, 0.1) is 21.5 Å². The fraction of sp³-hybridized carbons (Fsp3) is 0.448. The summed E-state index contributed by atoms with van der Waals surface area (Å²) in [5, 5.41) is 71.9. The van der Waals surface area contributed by atoms with Gasteiger partial charge in [0.2, 0.25) is 11.7 Å². The number of ether oxygens (including phenoxy) is 1. The van der Waals surface area contributed by atoms with Crippen molar-refractivity contribution < 1.29 is 63.3 Å². The Kier molecular flexibility index (Phi) is 7.66. The molecule has 3 fully saturated rings. The molecule has 0 saturated carbocycles. The lowest BCUT2D eigenvalue weighted by Gasteiger charge is -2.71. The van der Waals surface area contributed by atoms with Crippen LogP contribution < -0.4 is 20.7 Å². The Morgan fingerprint density at radius 2 is 1.60 bits per heavy atom. The summed E-state index contributed by atoms with van der Waals surface area (Å²) in [6, 6.07) is 8.95. The van der Waals surface area contributed by atoms with Gasteiger partial charge in [-0.15, -0.1) is 0 Å². The minimum Gasteiger partial charge on any atom is -0.461 e. The van der Waals surface area contributed by atoms with Gasteiger partial charge in [-0.3, -0.25) is 0 Å². The average Bonchev–Trinajstić information content (AvgIpc) is 2.94. The number of sulfone groups is 1. The van der Waals surface area contributed by atoms with Crippen LogP contribution in [-0.4, -0.2) is 83.5 Å². The van der Waals surface area contributed by atoms with Crippen molar-refractivity contribution in [3.05, 3.63) is 59.3 Å². The van der Waals surface area contributed by atoms with Gasteiger partial charge >= 0.3 is 11.7 Å². The van der Waals surface area contributed by atoms with Crippen molar-refractivity contribution in [2.24, 2.45) is 0 Å². The van der Waals surface area contributed by atoms with Crippen LogP contribution in [-0.2, 0) is 35.0 Å². The lowest BCUT2D eigenvalue weighted by Crippen LogP contribution is -3.00. The van der Waals surface area contributed by atoms with Crippen molar-refractivity contribution >= 4 is 33.0 Å². The van der Waals surface area contributed by atoms with Gasteiger partial charge in [0.25, 0.3) is 17.3 Å². The fourth-order valence-corrected chi connectivity index (χ4v) is 6.80. The average molecular weight is 694 g/mol. The quantitative estimate of drug-likeness (QED) is 0.107. The van der Waals surface area contributed by atoms with Crippen LogP contribution in [0.5, 0.6) is 5.75 Å². The van der Waals surface area contributed by atoms with Crippen LogP contribution in [0.15, 0.2) is 47.5 Å². The van der Waals surface area contributed by atoms with Crippen molar-refractivity contribution in [3.8, 4) is 5.75 Å². The molecule has 0 bridgehead atoms. The number of piperidine rings is 1. The summed E-state index contributed by atoms with van der Waals surface area (Å²) in [7, 11) is -3.65. The van der Waals surface area contributed by atoms with E-state index in [4.69, 9.17) is 19.4 Å². The molecular weight excluding hydrogens is 658 g/mol. The van der Waals surface area contributed by atoms with Gasteiger partial charge in [0.15, 0.2) is 9.84 Å². The first-order chi connectivity index (χ1) is 22.1. The maximum Gasteiger partial charge on any atom is 0.345 e. The molecule has 18 nitrogen and oxygen atoms in total. The molecule has 3 saturated heterocycles. The van der Waals surface area contributed by atoms with Crippen LogP contribution in [0.3, 0.4) is 0 Å². The second-order valence-electron chi connectivity index (χ2n) is 12.5. The summed E-state index contributed by atoms with van der Waals surface area (Å²) in [5.74, 6) is -14.5. The molecule has 3 unspecified atom stereocenters. The number of para-hydroxylation sites is 1. The van der Waals surface area contributed by atoms with E-state index in [1.54, 1.807) is 44.3 Å². The zero-order valence-corrected chi connectivity index (χ0v) is 27.3. The molecule has 1 spiro atoms. The Morgan fingerprint density at radius 1 is 0.938 bits per heavy atom. The minimum atomic E-state index is -3.68. The number of aliphatic hydroxyl groups is 6. The largest absolute Gasteiger partial charge is 0.461 e. The highest BCUT2D eigenvalue weighted by molar-refractivity contribution is 7.92. The number of rotatable bonds is 9. The second-order valence-corrected chi connectivity index (χ2v) is 15.0. The molecule has 260 valence electrons. The maximum absolute atomic E-state index is 13.0. The van der Waals surface area contributed by atoms with Crippen LogP contribution in [0.4, 0.5) is 23.1 Å². The number of aryl methyl sites for hydroxylation is 2. The van der Waals surface area contributed by atoms with Gasteiger partial charge in [0.1, 0.15) is 11.6 Å². The molecule has 0 amide bonds. The van der Waals surface area contributed by atoms with E-state index < -0.39 is 49.9 Å². The van der Waals surface area contributed by atoms with Crippen LogP contribution in [0, 0.1) is 13.8 Å². The summed E-state index contributed by atoms with van der Waals surface area (Å²) < 4.78 is 31.8. The van der Waals surface area contributed by atoms with Gasteiger partial charge in [-0.05, 0) is 57.5 Å². The Morgan fingerprint density at radius 3 is 2.19 bits per heavy atom. The normalized spacial score (nSPS) is 27.3. The van der Waals surface area contributed by atoms with E-state index in [1.807, 2.05) is 0 Å². The van der Waals surface area contributed by atoms with E-state index >= 15 is 0 Å². The lowest BCUT2D eigenvalue weighted by molar-refractivity contribution is -0.829. The molecule has 3 aliphatic heterocycles. The number of hydrogen-bond donors (Lipinski definition) is 9. The van der Waals surface area contributed by atoms with Crippen LogP contribution >= 0.6 is 0 Å². The zero-order valence-electron chi connectivity index (χ0n) is 26.5. The topological polar surface area (TPSA) is 264 Å². The molecule has 6 rings (SSSR count). The van der Waals surface area contributed by atoms with Gasteiger partial charge < -0.3 is 46.0 Å². The molecular formula is C29H35N5O13S. The standard InChI is InChI=1S/C29H35N5O13S/c1-14(2)48(41,42)21-10-8-7-9-18(21)31-22-16(4)13-30-23(33-22)32-19-11-15(3)17(12-20(19)43-24(5,6)35)25-26(36,37)28(38,39)34-29(40)27(25,45-44-25)46-47-29/h7-14,34-40H,1-6H3,(H2,30,31,32,33). The third-order valence-electron chi connectivity index (χ3n) is 8.15. The van der Waals surface area contributed by atoms with E-state index in [0.29, 0.717) is 11.3 Å². The highest BCUT2D eigenvalue weighted by atomic mass is 32.2. The predicted octanol–water partition coefficient (Wildman–Crippen LogP) is 0.254. The Balaban J connectivity index is 1.42. The van der Waals surface area contributed by atoms with Gasteiger partial charge in [0, 0.05) is 31.2 Å². The van der Waals surface area contributed by atoms with Crippen molar-refractivity contribution in [2.75, 3.05) is 10.6 Å². The molecule has 4 heterocycles. The molecule has 0 aliphatic carbocycles. The molecule has 19 heteroatoms. The van der Waals surface area contributed by atoms with Crippen molar-refractivity contribution in [1.29, 1.82) is 0 Å². The highest BCUT2D eigenvalue weighted by Crippen LogP contribution is 2.68. The van der Waals surface area contributed by atoms with E-state index in [2.05, 4.69) is 25.5 Å². The lowest BCUT2D eigenvalue weighted by atomic mass is 9.68. The van der Waals surface area contributed by atoms with Crippen LogP contribution in [0.25, 0.3) is 0 Å². The van der Waals surface area contributed by atoms with Crippen molar-refractivity contribution in [1.82, 2.24) is 15.3 Å². The Hall–Kier alpha value is -3.57. The van der Waals surface area contributed by atoms with E-state index in [1.165, 1.54) is 39.1 Å². The van der Waals surface area contributed by atoms with E-state index in [-0.39, 0.29) is 39.2 Å². The Bertz CT molecular complexity index is 1880. The maximum atomic E-state index is 13.0. The smallest absolute Gasteiger partial charge is 0.345 e. The monoisotopic (exact) mass is 693 g/mol. The first kappa shape index (κ1) is 34.3. The summed E-state index contributed by atoms with van der Waals surface area (Å²) in [4.78, 5) is 28.7. The number of aromatic nitrogens is 2. The van der Waals surface area contributed by atoms with E-state index in [9.17, 15) is 39.1 Å². The third-order valence-corrected chi connectivity index (χ3v) is 10.4. The molecule has 3 aliphatic rings. The van der Waals surface area contributed by atoms with Crippen molar-refractivity contribution in [2.45, 2.75) is 86.5 Å². The minimum absolute atomic E-state index is 0.00623. The first-order valence-electron chi connectivity index (χ1n) is 14.5. The number of nitrogens with one attached hydrogen (secondary N) is 3. The van der Waals surface area contributed by atoms with Crippen molar-refractivity contribution in [3.63, 3.8) is 0 Å². The zero-order chi connectivity index (χ0) is 35.3. The molecule has 1 aromatic heterocycles. The number of nitrogens with zero attached hydrogens (tertiary/aromatic N) is 2. The Labute approximate surface area is 273 Å². The molecule has 3 atom stereocenters. The summed E-state index contributed by atoms with van der Waals surface area (Å²) in [6.07, 6.45) is 1.48. The summed E-state index contributed by atoms with van der Waals surface area (Å²) in [6.45, 7) is 8.98. The second kappa shape index (κ2) is 10.7. The van der Waals surface area contributed by atoms with Gasteiger partial charge in [-0.1, -0.05) is 12.1 Å². The van der Waals surface area contributed by atoms with Gasteiger partial charge in [-0.25, -0.2) is 23.6 Å². The molecule has 9 N–H and O–H groups in total. The number of hydrogen-bond acceptors (Lipinski definition) is 18. The predicted molar refractivity (Wildman–Crippen MR) is 161 cm³/mol. The SMILES string of the molecule is Cc1cc(Nc2ncc(C)c(Nc3ccccc3S(=O)(=O)C(C)C)n2)c(OC(C)(C)O)cc1C12OOC13OOC3(O)NC(O)(O)C2(O)O. The van der Waals surface area contributed by atoms with E-state index in [0.717, 1.165) is 6.07 Å². The fourth-order valence-electron chi connectivity index (χ4n) is 5.60. The molecule has 3 aromatic rings.